The van der Waals surface area contributed by atoms with E-state index >= 15 is 0 Å². The van der Waals surface area contributed by atoms with E-state index in [2.05, 4.69) is 24.9 Å². The largest absolute Gasteiger partial charge is 0.389 e. The number of aromatic nitrogens is 1. The van der Waals surface area contributed by atoms with Crippen LogP contribution in [0.2, 0.25) is 0 Å². The van der Waals surface area contributed by atoms with E-state index in [4.69, 9.17) is 0 Å². The fourth-order valence-corrected chi connectivity index (χ4v) is 2.99. The molecule has 1 heterocycles. The molecule has 88 valence electrons. The fraction of sp³-hybridized carbons (Fsp3) is 0.643. The van der Waals surface area contributed by atoms with Gasteiger partial charge in [-0.25, -0.2) is 0 Å². The van der Waals surface area contributed by atoms with Crippen LogP contribution in [-0.4, -0.2) is 15.7 Å². The van der Waals surface area contributed by atoms with Crippen molar-refractivity contribution in [2.24, 2.45) is 5.92 Å². The monoisotopic (exact) mass is 219 g/mol. The summed E-state index contributed by atoms with van der Waals surface area (Å²) in [6.07, 6.45) is 4.77. The fourth-order valence-electron chi connectivity index (χ4n) is 2.99. The van der Waals surface area contributed by atoms with Gasteiger partial charge in [0.2, 0.25) is 0 Å². The molecule has 16 heavy (non-hydrogen) atoms. The maximum absolute atomic E-state index is 10.6. The van der Waals surface area contributed by atoms with E-state index in [1.165, 1.54) is 5.56 Å². The zero-order chi connectivity index (χ0) is 11.8. The first-order valence-electron chi connectivity index (χ1n) is 6.17. The number of hydrogen-bond donors (Lipinski definition) is 1. The Hall–Kier alpha value is -0.890. The highest BCUT2D eigenvalue weighted by Gasteiger charge is 2.38. The van der Waals surface area contributed by atoms with Gasteiger partial charge < -0.3 is 5.11 Å². The van der Waals surface area contributed by atoms with Crippen molar-refractivity contribution in [1.82, 2.24) is 4.98 Å². The molecule has 0 bridgehead atoms. The van der Waals surface area contributed by atoms with Crippen LogP contribution in [0.15, 0.2) is 18.3 Å². The van der Waals surface area contributed by atoms with Crippen molar-refractivity contribution in [2.75, 3.05) is 0 Å². The van der Waals surface area contributed by atoms with Crippen molar-refractivity contribution < 1.29 is 5.11 Å². The van der Waals surface area contributed by atoms with Crippen LogP contribution in [0, 0.1) is 5.92 Å². The van der Waals surface area contributed by atoms with E-state index < -0.39 is 5.60 Å². The Morgan fingerprint density at radius 3 is 3.00 bits per heavy atom. The third-order valence-electron chi connectivity index (χ3n) is 3.53. The minimum atomic E-state index is -0.617. The molecule has 1 aliphatic carbocycles. The summed E-state index contributed by atoms with van der Waals surface area (Å²) >= 11 is 0. The second kappa shape index (κ2) is 4.17. The molecule has 2 rings (SSSR count). The van der Waals surface area contributed by atoms with Gasteiger partial charge in [0, 0.05) is 17.8 Å². The highest BCUT2D eigenvalue weighted by atomic mass is 16.3. The summed E-state index contributed by atoms with van der Waals surface area (Å²) in [4.78, 5) is 4.45. The molecule has 0 saturated heterocycles. The van der Waals surface area contributed by atoms with Crippen LogP contribution in [0.1, 0.15) is 50.8 Å². The second-order valence-electron chi connectivity index (χ2n) is 5.59. The van der Waals surface area contributed by atoms with Crippen molar-refractivity contribution in [3.8, 4) is 0 Å². The molecular weight excluding hydrogens is 198 g/mol. The van der Waals surface area contributed by atoms with Gasteiger partial charge in [-0.15, -0.1) is 0 Å². The maximum atomic E-state index is 10.6. The van der Waals surface area contributed by atoms with Crippen LogP contribution in [0.4, 0.5) is 0 Å². The maximum Gasteiger partial charge on any atom is 0.0705 e. The number of pyridine rings is 1. The first kappa shape index (κ1) is 11.6. The topological polar surface area (TPSA) is 33.1 Å². The Kier molecular flexibility index (Phi) is 3.02. The van der Waals surface area contributed by atoms with Crippen LogP contribution >= 0.6 is 0 Å². The third-order valence-corrected chi connectivity index (χ3v) is 3.53. The Balaban J connectivity index is 2.24. The van der Waals surface area contributed by atoms with Gasteiger partial charge in [-0.2, -0.15) is 0 Å². The Bertz CT molecular complexity index is 371. The van der Waals surface area contributed by atoms with E-state index in [1.807, 2.05) is 19.2 Å². The van der Waals surface area contributed by atoms with Crippen LogP contribution in [0.25, 0.3) is 0 Å². The molecule has 0 amide bonds. The van der Waals surface area contributed by atoms with Gasteiger partial charge in [-0.3, -0.25) is 4.98 Å². The standard InChI is InChI=1S/C14H21NO/c1-10(2)9-14(3,16)12-7-6-11-5-4-8-15-13(11)12/h4-5,8,10,12,16H,6-7,9H2,1-3H3. The lowest BCUT2D eigenvalue weighted by molar-refractivity contribution is 0.00992. The van der Waals surface area contributed by atoms with E-state index in [-0.39, 0.29) is 5.92 Å². The van der Waals surface area contributed by atoms with Crippen LogP contribution in [-0.2, 0) is 6.42 Å². The van der Waals surface area contributed by atoms with E-state index in [0.29, 0.717) is 5.92 Å². The number of nitrogens with zero attached hydrogens (tertiary/aromatic N) is 1. The van der Waals surface area contributed by atoms with Gasteiger partial charge in [-0.05, 0) is 43.7 Å². The lowest BCUT2D eigenvalue weighted by Gasteiger charge is -2.31. The minimum absolute atomic E-state index is 0.214. The molecule has 1 aromatic heterocycles. The van der Waals surface area contributed by atoms with Gasteiger partial charge in [-0.1, -0.05) is 19.9 Å². The Morgan fingerprint density at radius 2 is 2.31 bits per heavy atom. The molecule has 2 heteroatoms. The molecule has 0 aliphatic heterocycles. The van der Waals surface area contributed by atoms with E-state index in [0.717, 1.165) is 25.0 Å². The Morgan fingerprint density at radius 1 is 1.56 bits per heavy atom. The van der Waals surface area contributed by atoms with Crippen molar-refractivity contribution in [1.29, 1.82) is 0 Å². The summed E-state index contributed by atoms with van der Waals surface area (Å²) in [7, 11) is 0. The molecule has 1 N–H and O–H groups in total. The molecule has 1 aromatic rings. The highest BCUT2D eigenvalue weighted by molar-refractivity contribution is 5.30. The average molecular weight is 219 g/mol. The minimum Gasteiger partial charge on any atom is -0.389 e. The summed E-state index contributed by atoms with van der Waals surface area (Å²) in [5.41, 5.74) is 1.82. The van der Waals surface area contributed by atoms with Gasteiger partial charge in [0.15, 0.2) is 0 Å². The molecule has 0 aromatic carbocycles. The number of fused-ring (bicyclic) bond motifs is 1. The van der Waals surface area contributed by atoms with E-state index in [9.17, 15) is 5.11 Å². The zero-order valence-electron chi connectivity index (χ0n) is 10.4. The molecule has 2 nitrogen and oxygen atoms in total. The van der Waals surface area contributed by atoms with Crippen LogP contribution in [0.5, 0.6) is 0 Å². The summed E-state index contributed by atoms with van der Waals surface area (Å²) < 4.78 is 0. The average Bonchev–Trinajstić information content (AvgIpc) is 2.59. The molecule has 0 fully saturated rings. The molecule has 0 spiro atoms. The summed E-state index contributed by atoms with van der Waals surface area (Å²) in [6, 6.07) is 4.12. The number of rotatable bonds is 3. The van der Waals surface area contributed by atoms with Crippen molar-refractivity contribution >= 4 is 0 Å². The molecule has 2 unspecified atom stereocenters. The SMILES string of the molecule is CC(C)CC(C)(O)C1CCc2cccnc21. The molecular formula is C14H21NO. The van der Waals surface area contributed by atoms with Crippen molar-refractivity contribution in [3.05, 3.63) is 29.6 Å². The van der Waals surface area contributed by atoms with Gasteiger partial charge in [0.05, 0.1) is 5.60 Å². The van der Waals surface area contributed by atoms with Crippen molar-refractivity contribution in [2.45, 2.75) is 51.6 Å². The molecule has 0 radical (unpaired) electrons. The lowest BCUT2D eigenvalue weighted by atomic mass is 9.81. The first-order valence-corrected chi connectivity index (χ1v) is 6.17. The molecule has 0 saturated carbocycles. The summed E-state index contributed by atoms with van der Waals surface area (Å²) in [6.45, 7) is 6.27. The normalized spacial score (nSPS) is 23.2. The zero-order valence-corrected chi connectivity index (χ0v) is 10.4. The number of aliphatic hydroxyl groups is 1. The van der Waals surface area contributed by atoms with Gasteiger partial charge in [0.1, 0.15) is 0 Å². The smallest absolute Gasteiger partial charge is 0.0705 e. The quantitative estimate of drug-likeness (QED) is 0.848. The van der Waals surface area contributed by atoms with Crippen LogP contribution < -0.4 is 0 Å². The van der Waals surface area contributed by atoms with E-state index in [1.54, 1.807) is 0 Å². The van der Waals surface area contributed by atoms with Crippen LogP contribution in [0.3, 0.4) is 0 Å². The first-order chi connectivity index (χ1) is 7.50. The predicted molar refractivity (Wildman–Crippen MR) is 65.4 cm³/mol. The summed E-state index contributed by atoms with van der Waals surface area (Å²) in [5.74, 6) is 0.730. The second-order valence-corrected chi connectivity index (χ2v) is 5.59. The predicted octanol–water partition coefficient (Wildman–Crippen LogP) is 2.91. The molecule has 1 aliphatic rings. The Labute approximate surface area is 97.7 Å². The third kappa shape index (κ3) is 2.12. The van der Waals surface area contributed by atoms with Gasteiger partial charge in [0.25, 0.3) is 0 Å². The highest BCUT2D eigenvalue weighted by Crippen LogP contribution is 2.41. The van der Waals surface area contributed by atoms with Crippen molar-refractivity contribution in [3.63, 3.8) is 0 Å². The lowest BCUT2D eigenvalue weighted by Crippen LogP contribution is -2.33. The van der Waals surface area contributed by atoms with Gasteiger partial charge >= 0.3 is 0 Å². The number of aryl methyl sites for hydroxylation is 1. The number of hydrogen-bond acceptors (Lipinski definition) is 2. The summed E-state index contributed by atoms with van der Waals surface area (Å²) in [5, 5.41) is 10.6. The molecule has 2 atom stereocenters.